The van der Waals surface area contributed by atoms with Crippen LogP contribution in [0.15, 0.2) is 30.5 Å². The Balaban J connectivity index is 1.47. The third-order valence-electron chi connectivity index (χ3n) is 3.87. The Morgan fingerprint density at radius 1 is 1.17 bits per heavy atom. The number of hydrogen-bond acceptors (Lipinski definition) is 8. The van der Waals surface area contributed by atoms with Crippen molar-refractivity contribution in [3.63, 3.8) is 0 Å². The Bertz CT molecular complexity index is 872. The molecule has 0 amide bonds. The molecular weight excluding hydrogens is 332 g/mol. The van der Waals surface area contributed by atoms with Crippen molar-refractivity contribution < 1.29 is 17.9 Å². The van der Waals surface area contributed by atoms with Crippen LogP contribution in [0.2, 0.25) is 0 Å². The molecule has 2 aliphatic rings. The minimum Gasteiger partial charge on any atom is -0.454 e. The second-order valence-corrected chi connectivity index (χ2v) is 7.93. The van der Waals surface area contributed by atoms with Crippen molar-refractivity contribution in [2.75, 3.05) is 28.9 Å². The largest absolute Gasteiger partial charge is 0.454 e. The first-order chi connectivity index (χ1) is 11.6. The van der Waals surface area contributed by atoms with Gasteiger partial charge in [-0.1, -0.05) is 0 Å². The standard InChI is InChI=1S/C15H16N4O4S/c20-24(21)6-4-11(8-24)17-14-3-5-16-15(19-14)18-10-1-2-12-13(7-10)23-9-22-12/h1-3,5,7,11H,4,6,8-9H2,(H2,16,17,18,19). The van der Waals surface area contributed by atoms with E-state index in [1.165, 1.54) is 0 Å². The third-order valence-corrected chi connectivity index (χ3v) is 5.64. The molecule has 3 heterocycles. The number of nitrogens with one attached hydrogen (secondary N) is 2. The van der Waals surface area contributed by atoms with Crippen molar-refractivity contribution in [3.8, 4) is 11.5 Å². The summed E-state index contributed by atoms with van der Waals surface area (Å²) in [7, 11) is -2.93. The highest BCUT2D eigenvalue weighted by Gasteiger charge is 2.27. The van der Waals surface area contributed by atoms with E-state index in [0.29, 0.717) is 29.7 Å². The lowest BCUT2D eigenvalue weighted by atomic mass is 10.2. The van der Waals surface area contributed by atoms with Gasteiger partial charge < -0.3 is 20.1 Å². The van der Waals surface area contributed by atoms with E-state index in [0.717, 1.165) is 5.69 Å². The van der Waals surface area contributed by atoms with Crippen molar-refractivity contribution in [1.82, 2.24) is 9.97 Å². The predicted octanol–water partition coefficient (Wildman–Crippen LogP) is 1.55. The molecule has 4 rings (SSSR count). The third kappa shape index (κ3) is 3.21. The SMILES string of the molecule is O=S1(=O)CCC(Nc2ccnc(Nc3ccc4c(c3)OCO4)n2)C1. The van der Waals surface area contributed by atoms with E-state index < -0.39 is 9.84 Å². The van der Waals surface area contributed by atoms with Gasteiger partial charge in [0, 0.05) is 24.0 Å². The van der Waals surface area contributed by atoms with E-state index in [-0.39, 0.29) is 24.3 Å². The van der Waals surface area contributed by atoms with Gasteiger partial charge in [0.05, 0.1) is 11.5 Å². The molecule has 1 aromatic heterocycles. The Morgan fingerprint density at radius 3 is 2.88 bits per heavy atom. The number of aromatic nitrogens is 2. The molecule has 8 nitrogen and oxygen atoms in total. The van der Waals surface area contributed by atoms with E-state index in [9.17, 15) is 8.42 Å². The molecule has 24 heavy (non-hydrogen) atoms. The fourth-order valence-electron chi connectivity index (χ4n) is 2.72. The van der Waals surface area contributed by atoms with Crippen LogP contribution in [0.1, 0.15) is 6.42 Å². The van der Waals surface area contributed by atoms with Gasteiger partial charge in [0.2, 0.25) is 12.7 Å². The molecule has 1 unspecified atom stereocenters. The maximum absolute atomic E-state index is 11.5. The van der Waals surface area contributed by atoms with Gasteiger partial charge in [0.1, 0.15) is 5.82 Å². The summed E-state index contributed by atoms with van der Waals surface area (Å²) in [6.07, 6.45) is 2.21. The van der Waals surface area contributed by atoms with Crippen molar-refractivity contribution in [3.05, 3.63) is 30.5 Å². The van der Waals surface area contributed by atoms with E-state index in [4.69, 9.17) is 9.47 Å². The fraction of sp³-hybridized carbons (Fsp3) is 0.333. The van der Waals surface area contributed by atoms with Crippen molar-refractivity contribution in [1.29, 1.82) is 0 Å². The van der Waals surface area contributed by atoms with Crippen LogP contribution < -0.4 is 20.1 Å². The quantitative estimate of drug-likeness (QED) is 0.858. The number of hydrogen-bond donors (Lipinski definition) is 2. The molecule has 126 valence electrons. The van der Waals surface area contributed by atoms with Crippen molar-refractivity contribution in [2.45, 2.75) is 12.5 Å². The highest BCUT2D eigenvalue weighted by molar-refractivity contribution is 7.91. The monoisotopic (exact) mass is 348 g/mol. The van der Waals surface area contributed by atoms with Crippen LogP contribution >= 0.6 is 0 Å². The zero-order valence-electron chi connectivity index (χ0n) is 12.7. The second-order valence-electron chi connectivity index (χ2n) is 5.70. The molecule has 1 fully saturated rings. The summed E-state index contributed by atoms with van der Waals surface area (Å²) >= 11 is 0. The summed E-state index contributed by atoms with van der Waals surface area (Å²) in [6.45, 7) is 0.221. The second kappa shape index (κ2) is 5.82. The normalized spacial score (nSPS) is 20.8. The zero-order chi connectivity index (χ0) is 16.6. The van der Waals surface area contributed by atoms with Gasteiger partial charge in [-0.15, -0.1) is 0 Å². The Kier molecular flexibility index (Phi) is 3.64. The predicted molar refractivity (Wildman–Crippen MR) is 88.6 cm³/mol. The van der Waals surface area contributed by atoms with Gasteiger partial charge in [-0.3, -0.25) is 0 Å². The molecular formula is C15H16N4O4S. The van der Waals surface area contributed by atoms with E-state index in [1.54, 1.807) is 12.3 Å². The van der Waals surface area contributed by atoms with Crippen LogP contribution in [0.25, 0.3) is 0 Å². The van der Waals surface area contributed by atoms with E-state index in [1.807, 2.05) is 18.2 Å². The van der Waals surface area contributed by atoms with Crippen LogP contribution in [0.3, 0.4) is 0 Å². The first kappa shape index (κ1) is 15.0. The van der Waals surface area contributed by atoms with Gasteiger partial charge in [-0.25, -0.2) is 13.4 Å². The molecule has 2 N–H and O–H groups in total. The Labute approximate surface area is 139 Å². The van der Waals surface area contributed by atoms with Crippen molar-refractivity contribution in [2.24, 2.45) is 0 Å². The Morgan fingerprint density at radius 2 is 2.04 bits per heavy atom. The maximum atomic E-state index is 11.5. The summed E-state index contributed by atoms with van der Waals surface area (Å²) in [5.41, 5.74) is 0.778. The smallest absolute Gasteiger partial charge is 0.231 e. The molecule has 0 aliphatic carbocycles. The lowest BCUT2D eigenvalue weighted by molar-refractivity contribution is 0.174. The summed E-state index contributed by atoms with van der Waals surface area (Å²) < 4.78 is 33.7. The number of fused-ring (bicyclic) bond motifs is 1. The zero-order valence-corrected chi connectivity index (χ0v) is 13.5. The van der Waals surface area contributed by atoms with Gasteiger partial charge in [0.15, 0.2) is 21.3 Å². The van der Waals surface area contributed by atoms with Crippen LogP contribution in [-0.2, 0) is 9.84 Å². The van der Waals surface area contributed by atoms with Gasteiger partial charge in [-0.2, -0.15) is 4.98 Å². The maximum Gasteiger partial charge on any atom is 0.231 e. The molecule has 2 aliphatic heterocycles. The summed E-state index contributed by atoms with van der Waals surface area (Å²) in [6, 6.07) is 7.09. The number of benzene rings is 1. The highest BCUT2D eigenvalue weighted by Crippen LogP contribution is 2.34. The molecule has 0 radical (unpaired) electrons. The first-order valence-electron chi connectivity index (χ1n) is 7.54. The average molecular weight is 348 g/mol. The molecule has 1 atom stereocenters. The lowest BCUT2D eigenvalue weighted by Crippen LogP contribution is -2.21. The Hall–Kier alpha value is -2.55. The number of nitrogens with zero attached hydrogens (tertiary/aromatic N) is 2. The topological polar surface area (TPSA) is 102 Å². The number of anilines is 3. The molecule has 0 spiro atoms. The summed E-state index contributed by atoms with van der Waals surface area (Å²) in [5.74, 6) is 2.75. The molecule has 0 bridgehead atoms. The van der Waals surface area contributed by atoms with Gasteiger partial charge >= 0.3 is 0 Å². The van der Waals surface area contributed by atoms with E-state index >= 15 is 0 Å². The van der Waals surface area contributed by atoms with Crippen LogP contribution in [-0.4, -0.2) is 42.7 Å². The minimum atomic E-state index is -2.93. The van der Waals surface area contributed by atoms with Crippen LogP contribution in [0, 0.1) is 0 Å². The van der Waals surface area contributed by atoms with Gasteiger partial charge in [-0.05, 0) is 24.6 Å². The molecule has 0 saturated carbocycles. The molecule has 1 saturated heterocycles. The first-order valence-corrected chi connectivity index (χ1v) is 9.36. The highest BCUT2D eigenvalue weighted by atomic mass is 32.2. The summed E-state index contributed by atoms with van der Waals surface area (Å²) in [5, 5.41) is 6.25. The number of rotatable bonds is 4. The van der Waals surface area contributed by atoms with E-state index in [2.05, 4.69) is 20.6 Å². The molecule has 9 heteroatoms. The molecule has 2 aromatic rings. The average Bonchev–Trinajstić information content (AvgIpc) is 3.13. The fourth-order valence-corrected chi connectivity index (χ4v) is 4.39. The lowest BCUT2D eigenvalue weighted by Gasteiger charge is -2.12. The van der Waals surface area contributed by atoms with Crippen LogP contribution in [0.4, 0.5) is 17.5 Å². The number of sulfone groups is 1. The number of ether oxygens (including phenoxy) is 2. The van der Waals surface area contributed by atoms with Crippen molar-refractivity contribution >= 4 is 27.3 Å². The van der Waals surface area contributed by atoms with Crippen LogP contribution in [0.5, 0.6) is 11.5 Å². The summed E-state index contributed by atoms with van der Waals surface area (Å²) in [4.78, 5) is 8.55. The van der Waals surface area contributed by atoms with Gasteiger partial charge in [0.25, 0.3) is 0 Å². The molecule has 1 aromatic carbocycles. The minimum absolute atomic E-state index is 0.108.